The Balaban J connectivity index is 2.96. The van der Waals surface area contributed by atoms with Crippen molar-refractivity contribution < 1.29 is 0 Å². The van der Waals surface area contributed by atoms with Gasteiger partial charge in [-0.1, -0.05) is 20.8 Å². The Bertz CT molecular complexity index is 245. The second-order valence-corrected chi connectivity index (χ2v) is 9.53. The molecule has 1 heterocycles. The molecule has 1 unspecified atom stereocenters. The minimum Gasteiger partial charge on any atom is -0.306 e. The molecule has 0 amide bonds. The largest absolute Gasteiger partial charge is 0.306 e. The molecule has 0 bridgehead atoms. The molecule has 0 aliphatic carbocycles. The molecule has 1 aliphatic heterocycles. The van der Waals surface area contributed by atoms with E-state index in [9.17, 15) is 0 Å². The summed E-state index contributed by atoms with van der Waals surface area (Å²) >= 11 is 0. The first-order valence-electron chi connectivity index (χ1n) is 6.67. The Hall–Kier alpha value is 0.137. The Morgan fingerprint density at radius 3 is 1.53 bits per heavy atom. The molecule has 1 fully saturated rings. The summed E-state index contributed by atoms with van der Waals surface area (Å²) in [4.78, 5) is 0. The Morgan fingerprint density at radius 2 is 1.29 bits per heavy atom. The lowest BCUT2D eigenvalue weighted by molar-refractivity contribution is 0.116. The summed E-state index contributed by atoms with van der Waals surface area (Å²) in [6.45, 7) is 22.3. The van der Waals surface area contributed by atoms with Gasteiger partial charge >= 0.3 is 0 Å². The van der Waals surface area contributed by atoms with E-state index in [1.165, 1.54) is 6.54 Å². The highest BCUT2D eigenvalue weighted by Gasteiger charge is 2.46. The van der Waals surface area contributed by atoms with Gasteiger partial charge in [0.25, 0.3) is 9.84 Å². The topological polar surface area (TPSA) is 6.48 Å². The molecule has 1 aliphatic rings. The van der Waals surface area contributed by atoms with E-state index in [4.69, 9.17) is 0 Å². The fourth-order valence-corrected chi connectivity index (χ4v) is 3.92. The van der Waals surface area contributed by atoms with Crippen molar-refractivity contribution in [3.63, 3.8) is 0 Å². The summed E-state index contributed by atoms with van der Waals surface area (Å²) in [6.07, 6.45) is 0. The third-order valence-electron chi connectivity index (χ3n) is 3.43. The van der Waals surface area contributed by atoms with E-state index >= 15 is 0 Å². The van der Waals surface area contributed by atoms with Crippen LogP contribution in [-0.2, 0) is 0 Å². The average Bonchev–Trinajstić information content (AvgIpc) is 2.42. The van der Waals surface area contributed by atoms with Gasteiger partial charge in [-0.05, 0) is 47.0 Å². The van der Waals surface area contributed by atoms with Crippen LogP contribution in [0.15, 0.2) is 0 Å². The van der Waals surface area contributed by atoms with Gasteiger partial charge in [0, 0.05) is 23.7 Å². The van der Waals surface area contributed by atoms with Crippen molar-refractivity contribution in [2.24, 2.45) is 5.41 Å². The molecule has 2 nitrogen and oxygen atoms in total. The van der Waals surface area contributed by atoms with Gasteiger partial charge in [-0.25, -0.2) is 0 Å². The number of hydrogen-bond acceptors (Lipinski definition) is 2. The molecule has 1 saturated heterocycles. The number of rotatable bonds is 0. The number of hydrogen-bond donors (Lipinski definition) is 0. The highest BCUT2D eigenvalue weighted by atomic mass is 28.2. The van der Waals surface area contributed by atoms with Crippen LogP contribution < -0.4 is 0 Å². The second-order valence-electron chi connectivity index (χ2n) is 8.30. The lowest BCUT2D eigenvalue weighted by atomic mass is 9.84. The SMILES string of the molecule is CC(C)(C)C1CN(C(C)(C)C)[Si]N1C(C)(C)C. The number of nitrogens with zero attached hydrogens (tertiary/aromatic N) is 2. The van der Waals surface area contributed by atoms with Gasteiger partial charge < -0.3 is 9.13 Å². The van der Waals surface area contributed by atoms with Gasteiger partial charge in [0.1, 0.15) is 0 Å². The van der Waals surface area contributed by atoms with Gasteiger partial charge in [0.2, 0.25) is 0 Å². The smallest absolute Gasteiger partial charge is 0.252 e. The molecule has 2 radical (unpaired) electrons. The van der Waals surface area contributed by atoms with Gasteiger partial charge in [-0.3, -0.25) is 0 Å². The van der Waals surface area contributed by atoms with Crippen molar-refractivity contribution in [2.75, 3.05) is 6.54 Å². The molecule has 0 saturated carbocycles. The van der Waals surface area contributed by atoms with Crippen molar-refractivity contribution in [3.8, 4) is 0 Å². The molecule has 0 aromatic rings. The van der Waals surface area contributed by atoms with Crippen molar-refractivity contribution >= 4 is 9.84 Å². The standard InChI is InChI=1S/C14H30N2Si/c1-12(2,3)11-10-15(13(4,5)6)17-16(11)14(7,8)9/h11H,10H2,1-9H3. The van der Waals surface area contributed by atoms with Gasteiger partial charge in [0.05, 0.1) is 0 Å². The van der Waals surface area contributed by atoms with Crippen LogP contribution in [-0.4, -0.2) is 42.6 Å². The van der Waals surface area contributed by atoms with Crippen LogP contribution in [0.1, 0.15) is 62.3 Å². The summed E-state index contributed by atoms with van der Waals surface area (Å²) < 4.78 is 5.33. The molecule has 100 valence electrons. The first-order valence-corrected chi connectivity index (χ1v) is 7.56. The van der Waals surface area contributed by atoms with Crippen LogP contribution in [0, 0.1) is 5.41 Å². The lowest BCUT2D eigenvalue weighted by Gasteiger charge is -2.42. The maximum absolute atomic E-state index is 2.69. The first-order chi connectivity index (χ1) is 7.33. The van der Waals surface area contributed by atoms with E-state index in [0.717, 1.165) is 9.84 Å². The Kier molecular flexibility index (Phi) is 3.89. The quantitative estimate of drug-likeness (QED) is 0.613. The zero-order valence-electron chi connectivity index (χ0n) is 13.2. The van der Waals surface area contributed by atoms with Crippen molar-refractivity contribution in [1.82, 2.24) is 9.13 Å². The van der Waals surface area contributed by atoms with E-state index in [2.05, 4.69) is 71.4 Å². The summed E-state index contributed by atoms with van der Waals surface area (Å²) in [7, 11) is 0.814. The van der Waals surface area contributed by atoms with E-state index in [0.29, 0.717) is 11.5 Å². The van der Waals surface area contributed by atoms with Crippen molar-refractivity contribution in [1.29, 1.82) is 0 Å². The minimum atomic E-state index is 0.260. The molecule has 3 heteroatoms. The van der Waals surface area contributed by atoms with Crippen molar-refractivity contribution in [3.05, 3.63) is 0 Å². The van der Waals surface area contributed by atoms with E-state index in [1.807, 2.05) is 0 Å². The Labute approximate surface area is 111 Å². The molecule has 0 aromatic heterocycles. The predicted molar refractivity (Wildman–Crippen MR) is 77.0 cm³/mol. The van der Waals surface area contributed by atoms with Gasteiger partial charge in [-0.2, -0.15) is 0 Å². The van der Waals surface area contributed by atoms with E-state index in [1.54, 1.807) is 0 Å². The fourth-order valence-electron chi connectivity index (χ4n) is 2.20. The first kappa shape index (κ1) is 15.2. The molecule has 1 rings (SSSR count). The van der Waals surface area contributed by atoms with Gasteiger partial charge in [0.15, 0.2) is 0 Å². The summed E-state index contributed by atoms with van der Waals surface area (Å²) in [5, 5.41) is 0. The van der Waals surface area contributed by atoms with Crippen LogP contribution in [0.5, 0.6) is 0 Å². The zero-order valence-corrected chi connectivity index (χ0v) is 14.2. The molecule has 1 atom stereocenters. The van der Waals surface area contributed by atoms with Crippen LogP contribution in [0.25, 0.3) is 0 Å². The summed E-state index contributed by atoms with van der Waals surface area (Å²) in [5.41, 5.74) is 0.888. The Morgan fingerprint density at radius 1 is 0.824 bits per heavy atom. The van der Waals surface area contributed by atoms with E-state index < -0.39 is 0 Å². The zero-order chi connectivity index (χ0) is 13.6. The third-order valence-corrected chi connectivity index (χ3v) is 5.72. The summed E-state index contributed by atoms with van der Waals surface area (Å²) in [6, 6.07) is 0.653. The van der Waals surface area contributed by atoms with Crippen molar-refractivity contribution in [2.45, 2.75) is 79.4 Å². The minimum absolute atomic E-state index is 0.260. The van der Waals surface area contributed by atoms with Crippen LogP contribution in [0.4, 0.5) is 0 Å². The maximum Gasteiger partial charge on any atom is 0.252 e. The maximum atomic E-state index is 2.69. The lowest BCUT2D eigenvalue weighted by Crippen LogP contribution is -2.52. The van der Waals surface area contributed by atoms with E-state index in [-0.39, 0.29) is 11.1 Å². The monoisotopic (exact) mass is 254 g/mol. The normalized spacial score (nSPS) is 25.6. The highest BCUT2D eigenvalue weighted by molar-refractivity contribution is 6.30. The predicted octanol–water partition coefficient (Wildman–Crippen LogP) is 3.15. The second kappa shape index (κ2) is 4.36. The molecular weight excluding hydrogens is 224 g/mol. The van der Waals surface area contributed by atoms with Gasteiger partial charge in [-0.15, -0.1) is 0 Å². The molecule has 17 heavy (non-hydrogen) atoms. The molecular formula is C14H30N2Si. The summed E-state index contributed by atoms with van der Waals surface area (Å²) in [5.74, 6) is 0. The van der Waals surface area contributed by atoms with Crippen LogP contribution in [0.3, 0.4) is 0 Å². The fraction of sp³-hybridized carbons (Fsp3) is 1.00. The molecule has 0 N–H and O–H groups in total. The van der Waals surface area contributed by atoms with Crippen LogP contribution in [0.2, 0.25) is 0 Å². The van der Waals surface area contributed by atoms with Crippen LogP contribution >= 0.6 is 0 Å². The highest BCUT2D eigenvalue weighted by Crippen LogP contribution is 2.35. The average molecular weight is 254 g/mol. The third kappa shape index (κ3) is 3.55. The molecule has 0 spiro atoms. The molecule has 0 aromatic carbocycles.